The highest BCUT2D eigenvalue weighted by atomic mass is 16.5. The van der Waals surface area contributed by atoms with Crippen molar-refractivity contribution in [2.24, 2.45) is 23.7 Å². The van der Waals surface area contributed by atoms with Gasteiger partial charge in [-0.1, -0.05) is 24.3 Å². The van der Waals surface area contributed by atoms with Gasteiger partial charge in [-0.05, 0) is 48.6 Å². The molecule has 6 heteroatoms. The number of allylic oxidation sites excluding steroid dienone is 2. The Morgan fingerprint density at radius 2 is 1.69 bits per heavy atom. The lowest BCUT2D eigenvalue weighted by molar-refractivity contribution is -0.123. The molecule has 4 atom stereocenters. The predicted molar refractivity (Wildman–Crippen MR) is 108 cm³/mol. The van der Waals surface area contributed by atoms with E-state index in [1.165, 1.54) is 4.90 Å². The first-order valence-corrected chi connectivity index (χ1v) is 9.68. The fourth-order valence-corrected chi connectivity index (χ4v) is 4.85. The Balaban J connectivity index is 1.39. The number of methoxy groups -OCH3 is 1. The average Bonchev–Trinajstić information content (AvgIpc) is 3.42. The van der Waals surface area contributed by atoms with Gasteiger partial charge in [-0.3, -0.25) is 14.4 Å². The van der Waals surface area contributed by atoms with Crippen LogP contribution in [0.25, 0.3) is 0 Å². The summed E-state index contributed by atoms with van der Waals surface area (Å²) in [5.74, 6) is -0.180. The lowest BCUT2D eigenvalue weighted by Crippen LogP contribution is -2.33. The van der Waals surface area contributed by atoms with Crippen molar-refractivity contribution in [2.75, 3.05) is 17.3 Å². The van der Waals surface area contributed by atoms with Crippen LogP contribution in [0.3, 0.4) is 0 Å². The van der Waals surface area contributed by atoms with Crippen LogP contribution in [0.1, 0.15) is 16.8 Å². The zero-order chi connectivity index (χ0) is 20.1. The molecule has 2 fully saturated rings. The second kappa shape index (κ2) is 6.58. The second-order valence-electron chi connectivity index (χ2n) is 7.75. The molecule has 2 aliphatic carbocycles. The van der Waals surface area contributed by atoms with E-state index in [2.05, 4.69) is 17.5 Å². The zero-order valence-corrected chi connectivity index (χ0v) is 15.9. The van der Waals surface area contributed by atoms with Crippen molar-refractivity contribution in [3.05, 3.63) is 66.2 Å². The highest BCUT2D eigenvalue weighted by Gasteiger charge is 2.59. The van der Waals surface area contributed by atoms with Crippen molar-refractivity contribution >= 4 is 29.1 Å². The number of ether oxygens (including phenoxy) is 1. The Hall–Kier alpha value is -3.41. The van der Waals surface area contributed by atoms with Crippen LogP contribution >= 0.6 is 0 Å². The number of carbonyl (C=O) groups is 3. The van der Waals surface area contributed by atoms with E-state index >= 15 is 0 Å². The smallest absolute Gasteiger partial charge is 0.255 e. The molecule has 1 saturated heterocycles. The van der Waals surface area contributed by atoms with Gasteiger partial charge in [0.2, 0.25) is 11.8 Å². The van der Waals surface area contributed by atoms with Crippen LogP contribution in [0.15, 0.2) is 60.7 Å². The minimum Gasteiger partial charge on any atom is -0.497 e. The lowest BCUT2D eigenvalue weighted by Gasteiger charge is -2.18. The van der Waals surface area contributed by atoms with E-state index in [0.29, 0.717) is 22.7 Å². The van der Waals surface area contributed by atoms with Crippen LogP contribution in [0.5, 0.6) is 5.75 Å². The predicted octanol–water partition coefficient (Wildman–Crippen LogP) is 3.26. The molecule has 1 heterocycles. The first-order chi connectivity index (χ1) is 14.1. The minimum atomic E-state index is -0.318. The third-order valence-corrected chi connectivity index (χ3v) is 6.16. The Labute approximate surface area is 168 Å². The number of carbonyl (C=O) groups excluding carboxylic acids is 3. The standard InChI is InChI=1S/C23H20N2O4/c1-29-18-7-3-5-16(12-18)24-21(26)15-4-2-6-17(11-15)25-22(27)19-13-8-9-14(10-13)20(19)23(25)28/h2-9,11-14,19-20H,10H2,1H3,(H,24,26)/t13-,14+,19-,20+. The molecule has 0 radical (unpaired) electrons. The van der Waals surface area contributed by atoms with E-state index in [4.69, 9.17) is 4.74 Å². The zero-order valence-electron chi connectivity index (χ0n) is 15.9. The van der Waals surface area contributed by atoms with Crippen LogP contribution in [0.2, 0.25) is 0 Å². The number of benzene rings is 2. The van der Waals surface area contributed by atoms with Crippen LogP contribution < -0.4 is 15.0 Å². The summed E-state index contributed by atoms with van der Waals surface area (Å²) in [5, 5.41) is 2.82. The van der Waals surface area contributed by atoms with E-state index in [-0.39, 0.29) is 41.4 Å². The monoisotopic (exact) mass is 388 g/mol. The van der Waals surface area contributed by atoms with Crippen molar-refractivity contribution in [3.8, 4) is 5.75 Å². The van der Waals surface area contributed by atoms with E-state index in [1.807, 2.05) is 0 Å². The van der Waals surface area contributed by atoms with E-state index in [9.17, 15) is 14.4 Å². The van der Waals surface area contributed by atoms with Crippen LogP contribution in [-0.2, 0) is 9.59 Å². The third-order valence-electron chi connectivity index (χ3n) is 6.16. The summed E-state index contributed by atoms with van der Waals surface area (Å²) >= 11 is 0. The van der Waals surface area contributed by atoms with Gasteiger partial charge < -0.3 is 10.1 Å². The summed E-state index contributed by atoms with van der Waals surface area (Å²) in [6, 6.07) is 13.7. The summed E-state index contributed by atoms with van der Waals surface area (Å²) in [6.45, 7) is 0. The molecule has 1 N–H and O–H groups in total. The summed E-state index contributed by atoms with van der Waals surface area (Å²) in [4.78, 5) is 39.9. The van der Waals surface area contributed by atoms with Gasteiger partial charge in [0.1, 0.15) is 5.75 Å². The van der Waals surface area contributed by atoms with Gasteiger partial charge in [-0.15, -0.1) is 0 Å². The van der Waals surface area contributed by atoms with Crippen LogP contribution in [0, 0.1) is 23.7 Å². The number of amides is 3. The maximum absolute atomic E-state index is 13.0. The minimum absolute atomic E-state index is 0.151. The van der Waals surface area contributed by atoms with Crippen molar-refractivity contribution in [3.63, 3.8) is 0 Å². The van der Waals surface area contributed by atoms with Gasteiger partial charge in [-0.25, -0.2) is 4.90 Å². The Morgan fingerprint density at radius 3 is 2.38 bits per heavy atom. The summed E-state index contributed by atoms with van der Waals surface area (Å²) in [6.07, 6.45) is 5.03. The lowest BCUT2D eigenvalue weighted by atomic mass is 9.85. The molecular weight excluding hydrogens is 368 g/mol. The molecule has 3 aliphatic rings. The number of fused-ring (bicyclic) bond motifs is 5. The Bertz CT molecular complexity index is 1030. The molecule has 0 unspecified atom stereocenters. The third kappa shape index (κ3) is 2.75. The Morgan fingerprint density at radius 1 is 1.00 bits per heavy atom. The normalized spacial score (nSPS) is 26.7. The molecule has 3 amide bonds. The van der Waals surface area contributed by atoms with Gasteiger partial charge in [0.15, 0.2) is 0 Å². The highest BCUT2D eigenvalue weighted by Crippen LogP contribution is 2.53. The molecule has 1 saturated carbocycles. The van der Waals surface area contributed by atoms with Crippen molar-refractivity contribution in [2.45, 2.75) is 6.42 Å². The summed E-state index contributed by atoms with van der Waals surface area (Å²) in [5.41, 5.74) is 1.43. The molecule has 2 aromatic carbocycles. The van der Waals surface area contributed by atoms with E-state index in [1.54, 1.807) is 55.6 Å². The first kappa shape index (κ1) is 17.7. The summed E-state index contributed by atoms with van der Waals surface area (Å²) in [7, 11) is 1.56. The number of nitrogens with zero attached hydrogens (tertiary/aromatic N) is 1. The molecule has 2 aromatic rings. The Kier molecular flexibility index (Phi) is 4.01. The largest absolute Gasteiger partial charge is 0.497 e. The van der Waals surface area contributed by atoms with Gasteiger partial charge in [0, 0.05) is 17.3 Å². The number of hydrogen-bond acceptors (Lipinski definition) is 4. The SMILES string of the molecule is COc1cccc(NC(=O)c2cccc(N3C(=O)[C@@H]4[C@H](C3=O)[C@@H]3C=C[C@H]4C3)c2)c1. The fourth-order valence-electron chi connectivity index (χ4n) is 4.85. The molecule has 29 heavy (non-hydrogen) atoms. The molecular formula is C23H20N2O4. The maximum Gasteiger partial charge on any atom is 0.255 e. The van der Waals surface area contributed by atoms with Gasteiger partial charge >= 0.3 is 0 Å². The van der Waals surface area contributed by atoms with Crippen LogP contribution in [0.4, 0.5) is 11.4 Å². The molecule has 146 valence electrons. The quantitative estimate of drug-likeness (QED) is 0.644. The number of imide groups is 1. The van der Waals surface area contributed by atoms with Crippen molar-refractivity contribution in [1.29, 1.82) is 0 Å². The number of hydrogen-bond donors (Lipinski definition) is 1. The fraction of sp³-hybridized carbons (Fsp3) is 0.261. The van der Waals surface area contributed by atoms with Gasteiger partial charge in [-0.2, -0.15) is 0 Å². The highest BCUT2D eigenvalue weighted by molar-refractivity contribution is 6.23. The van der Waals surface area contributed by atoms with Crippen molar-refractivity contribution in [1.82, 2.24) is 0 Å². The van der Waals surface area contributed by atoms with Crippen molar-refractivity contribution < 1.29 is 19.1 Å². The maximum atomic E-state index is 13.0. The number of nitrogens with one attached hydrogen (secondary N) is 1. The average molecular weight is 388 g/mol. The van der Waals surface area contributed by atoms with E-state index in [0.717, 1.165) is 6.42 Å². The molecule has 0 aromatic heterocycles. The summed E-state index contributed by atoms with van der Waals surface area (Å²) < 4.78 is 5.17. The molecule has 1 aliphatic heterocycles. The van der Waals surface area contributed by atoms with E-state index < -0.39 is 0 Å². The number of rotatable bonds is 4. The molecule has 2 bridgehead atoms. The van der Waals surface area contributed by atoms with Crippen LogP contribution in [-0.4, -0.2) is 24.8 Å². The topological polar surface area (TPSA) is 75.7 Å². The van der Waals surface area contributed by atoms with Gasteiger partial charge in [0.25, 0.3) is 5.91 Å². The molecule has 6 nitrogen and oxygen atoms in total. The molecule has 0 spiro atoms. The first-order valence-electron chi connectivity index (χ1n) is 9.68. The number of anilines is 2. The van der Waals surface area contributed by atoms with Gasteiger partial charge in [0.05, 0.1) is 24.6 Å². The molecule has 5 rings (SSSR count). The second-order valence-corrected chi connectivity index (χ2v) is 7.75.